The summed E-state index contributed by atoms with van der Waals surface area (Å²) in [6.45, 7) is 3.94. The van der Waals surface area contributed by atoms with E-state index in [9.17, 15) is 18.7 Å². The number of carbonyl (C=O) groups is 1. The van der Waals surface area contributed by atoms with Crippen molar-refractivity contribution >= 4 is 22.8 Å². The molecule has 0 fully saturated rings. The number of nitrogens with zero attached hydrogens (tertiary/aromatic N) is 2. The highest BCUT2D eigenvalue weighted by Crippen LogP contribution is 2.37. The molecular weight excluding hydrogens is 460 g/mol. The van der Waals surface area contributed by atoms with Crippen molar-refractivity contribution in [2.24, 2.45) is 0 Å². The van der Waals surface area contributed by atoms with Crippen molar-refractivity contribution in [1.82, 2.24) is 9.97 Å². The Hall–Kier alpha value is -4.21. The van der Waals surface area contributed by atoms with Crippen LogP contribution in [0.25, 0.3) is 22.2 Å². The summed E-state index contributed by atoms with van der Waals surface area (Å²) in [7, 11) is 1.38. The van der Waals surface area contributed by atoms with E-state index in [0.717, 1.165) is 0 Å². The molecule has 10 heteroatoms. The van der Waals surface area contributed by atoms with Gasteiger partial charge in [-0.15, -0.1) is 0 Å². The molecule has 0 saturated carbocycles. The molecule has 0 atom stereocenters. The number of aromatic carboxylic acids is 1. The van der Waals surface area contributed by atoms with Crippen molar-refractivity contribution in [3.63, 3.8) is 0 Å². The number of methoxy groups -OCH3 is 1. The minimum Gasteiger partial charge on any atom is -0.493 e. The fraction of sp³-hybridized carbons (Fsp3) is 0.240. The van der Waals surface area contributed by atoms with Crippen LogP contribution in [0.2, 0.25) is 0 Å². The van der Waals surface area contributed by atoms with Crippen LogP contribution in [0.3, 0.4) is 0 Å². The number of aromatic nitrogens is 2. The van der Waals surface area contributed by atoms with Gasteiger partial charge < -0.3 is 24.3 Å². The number of fused-ring (bicyclic) bond motifs is 1. The summed E-state index contributed by atoms with van der Waals surface area (Å²) < 4.78 is 45.7. The van der Waals surface area contributed by atoms with Crippen molar-refractivity contribution in [3.8, 4) is 22.8 Å². The molecule has 2 heterocycles. The minimum atomic E-state index is -1.09. The van der Waals surface area contributed by atoms with E-state index in [-0.39, 0.29) is 46.6 Å². The van der Waals surface area contributed by atoms with Gasteiger partial charge in [0.25, 0.3) is 0 Å². The summed E-state index contributed by atoms with van der Waals surface area (Å²) in [5.41, 5.74) is 1.44. The fourth-order valence-corrected chi connectivity index (χ4v) is 3.83. The van der Waals surface area contributed by atoms with Crippen LogP contribution in [0.15, 0.2) is 41.1 Å². The first-order valence-corrected chi connectivity index (χ1v) is 10.8. The molecule has 0 aliphatic heterocycles. The lowest BCUT2D eigenvalue weighted by molar-refractivity contribution is 0.0692. The Kier molecular flexibility index (Phi) is 6.81. The van der Waals surface area contributed by atoms with Crippen molar-refractivity contribution in [2.75, 3.05) is 25.6 Å². The van der Waals surface area contributed by atoms with Crippen LogP contribution < -0.4 is 14.8 Å². The Morgan fingerprint density at radius 3 is 2.69 bits per heavy atom. The number of aryl methyl sites for hydroxylation is 1. The normalized spacial score (nSPS) is 11.0. The third kappa shape index (κ3) is 4.72. The zero-order valence-corrected chi connectivity index (χ0v) is 19.3. The molecule has 0 aliphatic rings. The van der Waals surface area contributed by atoms with E-state index in [1.54, 1.807) is 32.0 Å². The number of benzene rings is 2. The molecule has 2 N–H and O–H groups in total. The molecule has 35 heavy (non-hydrogen) atoms. The summed E-state index contributed by atoms with van der Waals surface area (Å²) in [5.74, 6) is -1.77. The number of hydrogen-bond donors (Lipinski definition) is 2. The van der Waals surface area contributed by atoms with E-state index in [0.29, 0.717) is 29.4 Å². The lowest BCUT2D eigenvalue weighted by atomic mass is 10.1. The largest absolute Gasteiger partial charge is 0.493 e. The molecule has 0 saturated heterocycles. The molecular formula is C25H23F2N3O5. The van der Waals surface area contributed by atoms with Crippen LogP contribution in [0, 0.1) is 18.6 Å². The Bertz CT molecular complexity index is 1400. The SMILES string of the molecule is CCOc1cc(-c2cc(NCCc3c(F)c(F)c4cc(C)oc4c3OC)ncn2)ccc1C(=O)O. The lowest BCUT2D eigenvalue weighted by Gasteiger charge is -2.13. The molecule has 2 aromatic carbocycles. The summed E-state index contributed by atoms with van der Waals surface area (Å²) in [5, 5.41) is 12.5. The van der Waals surface area contributed by atoms with Gasteiger partial charge in [0.1, 0.15) is 29.2 Å². The van der Waals surface area contributed by atoms with Gasteiger partial charge >= 0.3 is 5.97 Å². The van der Waals surface area contributed by atoms with Gasteiger partial charge in [0, 0.05) is 23.7 Å². The lowest BCUT2D eigenvalue weighted by Crippen LogP contribution is -2.10. The van der Waals surface area contributed by atoms with Crippen LogP contribution >= 0.6 is 0 Å². The van der Waals surface area contributed by atoms with Crippen molar-refractivity contribution in [1.29, 1.82) is 0 Å². The molecule has 4 rings (SSSR count). The number of carboxylic acid groups (broad SMARTS) is 1. The second-order valence-corrected chi connectivity index (χ2v) is 7.65. The van der Waals surface area contributed by atoms with E-state index in [2.05, 4.69) is 15.3 Å². The first-order chi connectivity index (χ1) is 16.8. The number of ether oxygens (including phenoxy) is 2. The minimum absolute atomic E-state index is 0.0364. The van der Waals surface area contributed by atoms with Crippen molar-refractivity contribution < 1.29 is 32.6 Å². The van der Waals surface area contributed by atoms with Gasteiger partial charge in [0.05, 0.1) is 24.8 Å². The predicted molar refractivity (Wildman–Crippen MR) is 125 cm³/mol. The average molecular weight is 483 g/mol. The van der Waals surface area contributed by atoms with Crippen LogP contribution in [0.1, 0.15) is 28.6 Å². The smallest absolute Gasteiger partial charge is 0.339 e. The third-order valence-corrected chi connectivity index (χ3v) is 5.39. The number of carboxylic acids is 1. The van der Waals surface area contributed by atoms with E-state index in [4.69, 9.17) is 13.9 Å². The zero-order chi connectivity index (χ0) is 25.1. The van der Waals surface area contributed by atoms with Gasteiger partial charge in [-0.2, -0.15) is 0 Å². The highest BCUT2D eigenvalue weighted by molar-refractivity contribution is 5.92. The quantitative estimate of drug-likeness (QED) is 0.333. The molecule has 0 amide bonds. The highest BCUT2D eigenvalue weighted by atomic mass is 19.2. The number of furan rings is 1. The summed E-state index contributed by atoms with van der Waals surface area (Å²) in [4.78, 5) is 19.8. The van der Waals surface area contributed by atoms with Gasteiger partial charge in [0.15, 0.2) is 23.0 Å². The maximum Gasteiger partial charge on any atom is 0.339 e. The summed E-state index contributed by atoms with van der Waals surface area (Å²) >= 11 is 0. The third-order valence-electron chi connectivity index (χ3n) is 5.39. The van der Waals surface area contributed by atoms with Crippen LogP contribution in [0.5, 0.6) is 11.5 Å². The second-order valence-electron chi connectivity index (χ2n) is 7.65. The Morgan fingerprint density at radius 1 is 1.17 bits per heavy atom. The summed E-state index contributed by atoms with van der Waals surface area (Å²) in [6.07, 6.45) is 1.45. The highest BCUT2D eigenvalue weighted by Gasteiger charge is 2.23. The number of hydrogen-bond acceptors (Lipinski definition) is 7. The van der Waals surface area contributed by atoms with Crippen LogP contribution in [0.4, 0.5) is 14.6 Å². The molecule has 2 aromatic heterocycles. The molecule has 4 aromatic rings. The molecule has 0 radical (unpaired) electrons. The van der Waals surface area contributed by atoms with Crippen LogP contribution in [-0.4, -0.2) is 41.3 Å². The molecule has 8 nitrogen and oxygen atoms in total. The molecule has 0 spiro atoms. The number of rotatable bonds is 9. The average Bonchev–Trinajstić information content (AvgIpc) is 3.24. The Balaban J connectivity index is 1.55. The van der Waals surface area contributed by atoms with E-state index >= 15 is 0 Å². The predicted octanol–water partition coefficient (Wildman–Crippen LogP) is 5.24. The van der Waals surface area contributed by atoms with Crippen molar-refractivity contribution in [3.05, 3.63) is 65.2 Å². The Morgan fingerprint density at radius 2 is 1.97 bits per heavy atom. The number of nitrogens with one attached hydrogen (secondary N) is 1. The number of halogens is 2. The standard InChI is InChI=1S/C25H23F2N3O5/c1-4-34-19-10-14(5-6-15(19)25(31)32)18-11-20(30-12-29-18)28-8-7-16-21(26)22(27)17-9-13(2)35-24(17)23(16)33-3/h5-6,9-12H,4,7-8H2,1-3H3,(H,31,32)(H,28,29,30). The van der Waals surface area contributed by atoms with Gasteiger partial charge in [-0.25, -0.2) is 23.5 Å². The first-order valence-electron chi connectivity index (χ1n) is 10.8. The van der Waals surface area contributed by atoms with E-state index in [1.807, 2.05) is 0 Å². The van der Waals surface area contributed by atoms with Crippen LogP contribution in [-0.2, 0) is 6.42 Å². The molecule has 0 aliphatic carbocycles. The fourth-order valence-electron chi connectivity index (χ4n) is 3.83. The van der Waals surface area contributed by atoms with E-state index < -0.39 is 17.6 Å². The monoisotopic (exact) mass is 483 g/mol. The van der Waals surface area contributed by atoms with Gasteiger partial charge in [-0.3, -0.25) is 0 Å². The topological polar surface area (TPSA) is 107 Å². The maximum atomic E-state index is 14.8. The van der Waals surface area contributed by atoms with Gasteiger partial charge in [-0.05, 0) is 38.5 Å². The van der Waals surface area contributed by atoms with Gasteiger partial charge in [-0.1, -0.05) is 6.07 Å². The number of anilines is 1. The van der Waals surface area contributed by atoms with Crippen molar-refractivity contribution in [2.45, 2.75) is 20.3 Å². The zero-order valence-electron chi connectivity index (χ0n) is 19.3. The Labute approximate surface area is 199 Å². The van der Waals surface area contributed by atoms with Gasteiger partial charge in [0.2, 0.25) is 0 Å². The summed E-state index contributed by atoms with van der Waals surface area (Å²) in [6, 6.07) is 7.78. The molecule has 0 unspecified atom stereocenters. The molecule has 0 bridgehead atoms. The second kappa shape index (κ2) is 9.96. The van der Waals surface area contributed by atoms with E-state index in [1.165, 1.54) is 25.6 Å². The maximum absolute atomic E-state index is 14.8. The molecule has 182 valence electrons. The first kappa shape index (κ1) is 23.9.